The number of hydrogen-bond acceptors (Lipinski definition) is 4. The van der Waals surface area contributed by atoms with E-state index in [1.165, 1.54) is 0 Å². The monoisotopic (exact) mass is 285 g/mol. The molecule has 1 aliphatic rings. The molecule has 0 aliphatic carbocycles. The molecule has 0 radical (unpaired) electrons. The molecule has 2 atom stereocenters. The van der Waals surface area contributed by atoms with Crippen LogP contribution in [0.25, 0.3) is 0 Å². The summed E-state index contributed by atoms with van der Waals surface area (Å²) in [5.74, 6) is -1.75. The summed E-state index contributed by atoms with van der Waals surface area (Å²) in [7, 11) is 0. The second kappa shape index (κ2) is 6.64. The van der Waals surface area contributed by atoms with E-state index in [1.807, 2.05) is 32.0 Å². The predicted octanol–water partition coefficient (Wildman–Crippen LogP) is 2.62. The zero-order chi connectivity index (χ0) is 15.4. The summed E-state index contributed by atoms with van der Waals surface area (Å²) >= 11 is 0. The van der Waals surface area contributed by atoms with Crippen LogP contribution in [-0.2, 0) is 9.53 Å². The zero-order valence-corrected chi connectivity index (χ0v) is 12.4. The molecule has 110 valence electrons. The summed E-state index contributed by atoms with van der Waals surface area (Å²) in [4.78, 5) is 24.7. The normalized spacial score (nSPS) is 19.0. The molecule has 0 saturated carbocycles. The van der Waals surface area contributed by atoms with Gasteiger partial charge in [-0.25, -0.2) is 0 Å². The number of rotatable bonds is 5. The van der Waals surface area contributed by atoms with Crippen LogP contribution in [0, 0.1) is 37.0 Å². The fourth-order valence-corrected chi connectivity index (χ4v) is 2.67. The molecule has 4 heteroatoms. The first-order valence-electron chi connectivity index (χ1n) is 7.14. The van der Waals surface area contributed by atoms with E-state index in [-0.39, 0.29) is 23.9 Å². The quantitative estimate of drug-likeness (QED) is 0.616. The van der Waals surface area contributed by atoms with E-state index in [2.05, 4.69) is 0 Å². The molecule has 0 spiro atoms. The highest BCUT2D eigenvalue weighted by molar-refractivity contribution is 6.13. The number of nitrogens with zero attached hydrogens (tertiary/aromatic N) is 1. The first-order chi connectivity index (χ1) is 10.0. The van der Waals surface area contributed by atoms with Crippen LogP contribution in [0.5, 0.6) is 0 Å². The molecule has 1 fully saturated rings. The first kappa shape index (κ1) is 15.4. The highest BCUT2D eigenvalue weighted by Crippen LogP contribution is 2.22. The Kier molecular flexibility index (Phi) is 4.87. The molecule has 1 saturated heterocycles. The topological polar surface area (TPSA) is 67.2 Å². The summed E-state index contributed by atoms with van der Waals surface area (Å²) in [6.45, 7) is 4.96. The van der Waals surface area contributed by atoms with E-state index in [0.717, 1.165) is 17.5 Å². The van der Waals surface area contributed by atoms with Gasteiger partial charge in [0.25, 0.3) is 0 Å². The number of Topliss-reactive ketones (excluding diaryl/α,β-unsaturated/α-hetero) is 2. The molecule has 21 heavy (non-hydrogen) atoms. The summed E-state index contributed by atoms with van der Waals surface area (Å²) in [5.41, 5.74) is 2.31. The van der Waals surface area contributed by atoms with Crippen LogP contribution >= 0.6 is 0 Å². The third kappa shape index (κ3) is 3.56. The standard InChI is InChI=1S/C17H19NO3/c1-11-3-4-14(12(2)7-11)17(20)15(9-18)16(19)8-13-5-6-21-10-13/h3-4,7,13,15H,5-6,8,10H2,1-2H3/t13-,15-/m1/s1. The minimum atomic E-state index is -1.20. The van der Waals surface area contributed by atoms with Crippen molar-refractivity contribution < 1.29 is 14.3 Å². The van der Waals surface area contributed by atoms with Gasteiger partial charge in [-0.2, -0.15) is 5.26 Å². The predicted molar refractivity (Wildman–Crippen MR) is 77.9 cm³/mol. The lowest BCUT2D eigenvalue weighted by Crippen LogP contribution is -2.25. The molecular formula is C17H19NO3. The maximum absolute atomic E-state index is 12.4. The SMILES string of the molecule is Cc1ccc(C(=O)[C@H](C#N)C(=O)C[C@H]2CCOC2)c(C)c1. The van der Waals surface area contributed by atoms with Crippen LogP contribution in [0.2, 0.25) is 0 Å². The average Bonchev–Trinajstić information content (AvgIpc) is 2.92. The van der Waals surface area contributed by atoms with E-state index in [9.17, 15) is 14.9 Å². The fourth-order valence-electron chi connectivity index (χ4n) is 2.67. The second-order valence-electron chi connectivity index (χ2n) is 5.64. The van der Waals surface area contributed by atoms with Crippen molar-refractivity contribution in [3.8, 4) is 6.07 Å². The van der Waals surface area contributed by atoms with Crippen LogP contribution in [0.3, 0.4) is 0 Å². The summed E-state index contributed by atoms with van der Waals surface area (Å²) in [5, 5.41) is 9.22. The van der Waals surface area contributed by atoms with Crippen molar-refractivity contribution in [2.24, 2.45) is 11.8 Å². The fraction of sp³-hybridized carbons (Fsp3) is 0.471. The van der Waals surface area contributed by atoms with E-state index < -0.39 is 5.92 Å². The number of carbonyl (C=O) groups excluding carboxylic acids is 2. The Morgan fingerprint density at radius 3 is 2.76 bits per heavy atom. The van der Waals surface area contributed by atoms with Gasteiger partial charge in [0.15, 0.2) is 17.5 Å². The van der Waals surface area contributed by atoms with Crippen molar-refractivity contribution in [1.82, 2.24) is 0 Å². The molecule has 1 aliphatic heterocycles. The molecular weight excluding hydrogens is 266 g/mol. The van der Waals surface area contributed by atoms with Gasteiger partial charge in [-0.3, -0.25) is 9.59 Å². The van der Waals surface area contributed by atoms with Crippen LogP contribution in [0.4, 0.5) is 0 Å². The molecule has 0 bridgehead atoms. The molecule has 1 aromatic carbocycles. The molecule has 0 N–H and O–H groups in total. The largest absolute Gasteiger partial charge is 0.381 e. The minimum absolute atomic E-state index is 0.139. The number of hydrogen-bond donors (Lipinski definition) is 0. The van der Waals surface area contributed by atoms with Crippen molar-refractivity contribution in [1.29, 1.82) is 5.26 Å². The van der Waals surface area contributed by atoms with Crippen molar-refractivity contribution in [2.45, 2.75) is 26.7 Å². The second-order valence-corrected chi connectivity index (χ2v) is 5.64. The van der Waals surface area contributed by atoms with Crippen LogP contribution in [0.15, 0.2) is 18.2 Å². The maximum atomic E-state index is 12.4. The van der Waals surface area contributed by atoms with E-state index >= 15 is 0 Å². The van der Waals surface area contributed by atoms with Crippen LogP contribution < -0.4 is 0 Å². The Morgan fingerprint density at radius 2 is 2.19 bits per heavy atom. The van der Waals surface area contributed by atoms with Crippen LogP contribution in [-0.4, -0.2) is 24.8 Å². The van der Waals surface area contributed by atoms with E-state index in [4.69, 9.17) is 4.74 Å². The Bertz CT molecular complexity index is 595. The average molecular weight is 285 g/mol. The van der Waals surface area contributed by atoms with Gasteiger partial charge in [0.05, 0.1) is 6.07 Å². The zero-order valence-electron chi connectivity index (χ0n) is 12.4. The summed E-state index contributed by atoms with van der Waals surface area (Å²) < 4.78 is 5.23. The maximum Gasteiger partial charge on any atom is 0.187 e. The van der Waals surface area contributed by atoms with Crippen molar-refractivity contribution in [3.05, 3.63) is 34.9 Å². The van der Waals surface area contributed by atoms with Gasteiger partial charge in [0.2, 0.25) is 0 Å². The van der Waals surface area contributed by atoms with Gasteiger partial charge in [-0.1, -0.05) is 23.8 Å². The number of aryl methyl sites for hydroxylation is 2. The number of benzene rings is 1. The Labute approximate surface area is 124 Å². The minimum Gasteiger partial charge on any atom is -0.381 e. The van der Waals surface area contributed by atoms with E-state index in [1.54, 1.807) is 6.07 Å². The number of ketones is 2. The number of carbonyl (C=O) groups is 2. The van der Waals surface area contributed by atoms with Crippen molar-refractivity contribution in [2.75, 3.05) is 13.2 Å². The molecule has 0 unspecified atom stereocenters. The highest BCUT2D eigenvalue weighted by Gasteiger charge is 2.31. The van der Waals surface area contributed by atoms with Crippen molar-refractivity contribution >= 4 is 11.6 Å². The Morgan fingerprint density at radius 1 is 1.43 bits per heavy atom. The van der Waals surface area contributed by atoms with Crippen LogP contribution in [0.1, 0.15) is 34.3 Å². The van der Waals surface area contributed by atoms with Crippen molar-refractivity contribution in [3.63, 3.8) is 0 Å². The lowest BCUT2D eigenvalue weighted by atomic mass is 9.87. The van der Waals surface area contributed by atoms with Gasteiger partial charge in [-0.05, 0) is 31.7 Å². The molecule has 2 rings (SSSR count). The molecule has 1 aromatic rings. The smallest absolute Gasteiger partial charge is 0.187 e. The third-order valence-corrected chi connectivity index (χ3v) is 3.87. The van der Waals surface area contributed by atoms with Gasteiger partial charge < -0.3 is 4.74 Å². The Balaban J connectivity index is 2.14. The number of nitriles is 1. The molecule has 0 aromatic heterocycles. The Hall–Kier alpha value is -1.99. The highest BCUT2D eigenvalue weighted by atomic mass is 16.5. The molecule has 0 amide bonds. The lowest BCUT2D eigenvalue weighted by Gasteiger charge is -2.12. The third-order valence-electron chi connectivity index (χ3n) is 3.87. The molecule has 1 heterocycles. The number of ether oxygens (including phenoxy) is 1. The van der Waals surface area contributed by atoms with Gasteiger partial charge in [0.1, 0.15) is 0 Å². The first-order valence-corrected chi connectivity index (χ1v) is 7.14. The molecule has 4 nitrogen and oxygen atoms in total. The summed E-state index contributed by atoms with van der Waals surface area (Å²) in [6.07, 6.45) is 1.07. The van der Waals surface area contributed by atoms with Gasteiger partial charge in [0, 0.05) is 25.2 Å². The van der Waals surface area contributed by atoms with Gasteiger partial charge in [-0.15, -0.1) is 0 Å². The van der Waals surface area contributed by atoms with E-state index in [0.29, 0.717) is 18.8 Å². The van der Waals surface area contributed by atoms with Gasteiger partial charge >= 0.3 is 0 Å². The summed E-state index contributed by atoms with van der Waals surface area (Å²) in [6, 6.07) is 7.28. The lowest BCUT2D eigenvalue weighted by molar-refractivity contribution is -0.121.